The minimum absolute atomic E-state index is 0.0644. The maximum Gasteiger partial charge on any atom is 0.317 e. The summed E-state index contributed by atoms with van der Waals surface area (Å²) in [5.74, 6) is 0. The van der Waals surface area contributed by atoms with Gasteiger partial charge in [0.15, 0.2) is 0 Å². The fraction of sp³-hybridized carbons (Fsp3) is 0.938. The number of hydrogen-bond donors (Lipinski definition) is 1. The summed E-state index contributed by atoms with van der Waals surface area (Å²) in [6, 6.07) is -0.00757. The van der Waals surface area contributed by atoms with Crippen LogP contribution in [0.15, 0.2) is 0 Å². The Morgan fingerprint density at radius 3 is 1.96 bits per heavy atom. The molecule has 0 aromatic heterocycles. The van der Waals surface area contributed by atoms with E-state index in [1.165, 1.54) is 6.26 Å². The predicted molar refractivity (Wildman–Crippen MR) is 90.2 cm³/mol. The molecule has 0 unspecified atom stereocenters. The van der Waals surface area contributed by atoms with Crippen LogP contribution in [0.4, 0.5) is 4.79 Å². The molecule has 2 rings (SSSR count). The number of carbonyl (C=O) groups excluding carboxylic acids is 1. The largest absolute Gasteiger partial charge is 0.366 e. The summed E-state index contributed by atoms with van der Waals surface area (Å²) in [7, 11) is -2.97. The average molecular weight is 346 g/mol. The van der Waals surface area contributed by atoms with E-state index in [0.717, 1.165) is 12.8 Å². The van der Waals surface area contributed by atoms with Crippen LogP contribution in [-0.4, -0.2) is 61.2 Å². The number of nitrogens with zero attached hydrogens (tertiary/aromatic N) is 1. The Balaban J connectivity index is 1.90. The summed E-state index contributed by atoms with van der Waals surface area (Å²) in [6.07, 6.45) is 4.00. The van der Waals surface area contributed by atoms with Crippen molar-refractivity contribution in [3.05, 3.63) is 0 Å². The minimum Gasteiger partial charge on any atom is -0.366 e. The van der Waals surface area contributed by atoms with Crippen LogP contribution in [0.25, 0.3) is 0 Å². The lowest BCUT2D eigenvalue weighted by Crippen LogP contribution is -2.61. The third kappa shape index (κ3) is 5.08. The van der Waals surface area contributed by atoms with Gasteiger partial charge in [0.2, 0.25) is 0 Å². The molecule has 7 heteroatoms. The number of amides is 2. The van der Waals surface area contributed by atoms with Crippen molar-refractivity contribution in [3.63, 3.8) is 0 Å². The Bertz CT molecular complexity index is 532. The van der Waals surface area contributed by atoms with Crippen LogP contribution in [-0.2, 0) is 14.6 Å². The van der Waals surface area contributed by atoms with Crippen LogP contribution >= 0.6 is 0 Å². The minimum atomic E-state index is -2.97. The quantitative estimate of drug-likeness (QED) is 0.829. The fourth-order valence-electron chi connectivity index (χ4n) is 3.83. The molecule has 0 bridgehead atoms. The zero-order valence-corrected chi connectivity index (χ0v) is 15.7. The van der Waals surface area contributed by atoms with Gasteiger partial charge in [-0.1, -0.05) is 0 Å². The van der Waals surface area contributed by atoms with Gasteiger partial charge >= 0.3 is 6.03 Å². The van der Waals surface area contributed by atoms with E-state index in [9.17, 15) is 13.2 Å². The van der Waals surface area contributed by atoms with Crippen molar-refractivity contribution in [1.82, 2.24) is 10.2 Å². The average Bonchev–Trinajstić information content (AvgIpc) is 2.34. The standard InChI is InChI=1S/C16H30N2O4S/c1-15(2)10-18(11-16(3,4)22-15)14(19)17-12-6-8-13(9-7-12)23(5,20)21/h12-13H,6-11H2,1-5H3,(H,17,19). The molecule has 1 heterocycles. The molecule has 1 N–H and O–H groups in total. The van der Waals surface area contributed by atoms with E-state index in [2.05, 4.69) is 5.32 Å². The lowest BCUT2D eigenvalue weighted by atomic mass is 9.95. The maximum atomic E-state index is 12.6. The predicted octanol–water partition coefficient (Wildman–Crippen LogP) is 1.94. The smallest absolute Gasteiger partial charge is 0.317 e. The first kappa shape index (κ1) is 18.5. The first-order valence-electron chi connectivity index (χ1n) is 8.32. The SMILES string of the molecule is CC1(C)CN(C(=O)NC2CCC(S(C)(=O)=O)CC2)CC(C)(C)O1. The highest BCUT2D eigenvalue weighted by molar-refractivity contribution is 7.91. The molecule has 1 aliphatic carbocycles. The van der Waals surface area contributed by atoms with E-state index in [0.29, 0.717) is 25.9 Å². The summed E-state index contributed by atoms with van der Waals surface area (Å²) >= 11 is 0. The molecule has 2 fully saturated rings. The topological polar surface area (TPSA) is 75.7 Å². The summed E-state index contributed by atoms with van der Waals surface area (Å²) in [4.78, 5) is 14.4. The maximum absolute atomic E-state index is 12.6. The van der Waals surface area contributed by atoms with E-state index in [1.807, 2.05) is 32.6 Å². The van der Waals surface area contributed by atoms with Crippen molar-refractivity contribution >= 4 is 15.9 Å². The first-order chi connectivity index (χ1) is 10.4. The number of ether oxygens (including phenoxy) is 1. The Labute approximate surface area is 139 Å². The van der Waals surface area contributed by atoms with Crippen LogP contribution in [0.1, 0.15) is 53.4 Å². The van der Waals surface area contributed by atoms with Crippen molar-refractivity contribution in [2.24, 2.45) is 0 Å². The van der Waals surface area contributed by atoms with Crippen LogP contribution < -0.4 is 5.32 Å². The number of hydrogen-bond acceptors (Lipinski definition) is 4. The number of morpholine rings is 1. The molecule has 2 aliphatic rings. The summed E-state index contributed by atoms with van der Waals surface area (Å²) in [5.41, 5.74) is -0.736. The highest BCUT2D eigenvalue weighted by Gasteiger charge is 2.40. The zero-order chi connectivity index (χ0) is 17.5. The molecule has 0 atom stereocenters. The van der Waals surface area contributed by atoms with Crippen molar-refractivity contribution in [3.8, 4) is 0 Å². The van der Waals surface area contributed by atoms with Gasteiger partial charge in [0.05, 0.1) is 29.5 Å². The van der Waals surface area contributed by atoms with Crippen molar-refractivity contribution in [1.29, 1.82) is 0 Å². The van der Waals surface area contributed by atoms with Gasteiger partial charge in [-0.05, 0) is 53.4 Å². The Hall–Kier alpha value is -0.820. The zero-order valence-electron chi connectivity index (χ0n) is 14.9. The molecule has 134 valence electrons. The number of sulfone groups is 1. The van der Waals surface area contributed by atoms with Gasteiger partial charge in [0.25, 0.3) is 0 Å². The van der Waals surface area contributed by atoms with Crippen LogP contribution in [0.2, 0.25) is 0 Å². The molecule has 0 aromatic rings. The van der Waals surface area contributed by atoms with E-state index in [4.69, 9.17) is 4.74 Å². The summed E-state index contributed by atoms with van der Waals surface area (Å²) < 4.78 is 29.2. The molecule has 2 amide bonds. The molecule has 0 radical (unpaired) electrons. The van der Waals surface area contributed by atoms with Gasteiger partial charge in [0, 0.05) is 12.3 Å². The van der Waals surface area contributed by atoms with Gasteiger partial charge in [-0.3, -0.25) is 0 Å². The molecular weight excluding hydrogens is 316 g/mol. The van der Waals surface area contributed by atoms with Crippen molar-refractivity contribution < 1.29 is 17.9 Å². The summed E-state index contributed by atoms with van der Waals surface area (Å²) in [6.45, 7) is 9.08. The van der Waals surface area contributed by atoms with Crippen molar-refractivity contribution in [2.45, 2.75) is 75.9 Å². The van der Waals surface area contributed by atoms with Crippen LogP contribution in [0, 0.1) is 0 Å². The second kappa shape index (κ2) is 6.24. The molecule has 0 spiro atoms. The molecule has 6 nitrogen and oxygen atoms in total. The lowest BCUT2D eigenvalue weighted by Gasteiger charge is -2.47. The monoisotopic (exact) mass is 346 g/mol. The number of rotatable bonds is 2. The van der Waals surface area contributed by atoms with Crippen LogP contribution in [0.3, 0.4) is 0 Å². The highest BCUT2D eigenvalue weighted by atomic mass is 32.2. The number of carbonyl (C=O) groups is 1. The number of nitrogens with one attached hydrogen (secondary N) is 1. The van der Waals surface area contributed by atoms with Crippen molar-refractivity contribution in [2.75, 3.05) is 19.3 Å². The lowest BCUT2D eigenvalue weighted by molar-refractivity contribution is -0.170. The molecule has 23 heavy (non-hydrogen) atoms. The van der Waals surface area contributed by atoms with Gasteiger partial charge in [0.1, 0.15) is 9.84 Å². The second-order valence-corrected chi connectivity index (χ2v) is 10.6. The number of urea groups is 1. The van der Waals surface area contributed by atoms with E-state index < -0.39 is 9.84 Å². The molecule has 1 aliphatic heterocycles. The molecule has 0 aromatic carbocycles. The molecule has 1 saturated carbocycles. The Kier molecular flexibility index (Phi) is 5.02. The van der Waals surface area contributed by atoms with E-state index >= 15 is 0 Å². The second-order valence-electron chi connectivity index (χ2n) is 8.23. The van der Waals surface area contributed by atoms with Gasteiger partial charge in [-0.15, -0.1) is 0 Å². The summed E-state index contributed by atoms with van der Waals surface area (Å²) in [5, 5.41) is 2.82. The third-order valence-electron chi connectivity index (χ3n) is 4.59. The Morgan fingerprint density at radius 1 is 1.04 bits per heavy atom. The normalized spacial score (nSPS) is 30.7. The van der Waals surface area contributed by atoms with Gasteiger partial charge in [-0.2, -0.15) is 0 Å². The first-order valence-corrected chi connectivity index (χ1v) is 10.3. The van der Waals surface area contributed by atoms with E-state index in [-0.39, 0.29) is 28.5 Å². The third-order valence-corrected chi connectivity index (χ3v) is 6.27. The van der Waals surface area contributed by atoms with Gasteiger partial charge in [-0.25, -0.2) is 13.2 Å². The Morgan fingerprint density at radius 2 is 1.52 bits per heavy atom. The molecular formula is C16H30N2O4S. The van der Waals surface area contributed by atoms with Gasteiger partial charge < -0.3 is 15.0 Å². The molecule has 1 saturated heterocycles. The highest BCUT2D eigenvalue weighted by Crippen LogP contribution is 2.29. The fourth-order valence-corrected chi connectivity index (χ4v) is 4.96. The van der Waals surface area contributed by atoms with E-state index in [1.54, 1.807) is 0 Å². The van der Waals surface area contributed by atoms with Crippen LogP contribution in [0.5, 0.6) is 0 Å².